The van der Waals surface area contributed by atoms with Crippen molar-refractivity contribution >= 4 is 5.78 Å². The number of fused-ring (bicyclic) bond motifs is 1. The smallest absolute Gasteiger partial charge is 0.177 e. The van der Waals surface area contributed by atoms with Gasteiger partial charge in [-0.1, -0.05) is 29.9 Å². The summed E-state index contributed by atoms with van der Waals surface area (Å²) in [6.45, 7) is 17.3. The van der Waals surface area contributed by atoms with E-state index in [1.54, 1.807) is 32.9 Å². The number of aliphatic hydroxyl groups excluding tert-OH is 1. The highest BCUT2D eigenvalue weighted by molar-refractivity contribution is 5.96. The summed E-state index contributed by atoms with van der Waals surface area (Å²) >= 11 is 0. The number of allylic oxidation sites excluding steroid dienone is 3. The van der Waals surface area contributed by atoms with E-state index in [4.69, 9.17) is 9.47 Å². The second-order valence-corrected chi connectivity index (χ2v) is 8.75. The molecule has 0 aromatic rings. The lowest BCUT2D eigenvalue weighted by Gasteiger charge is -2.36. The number of ether oxygens (including phenoxy) is 2. The van der Waals surface area contributed by atoms with Gasteiger partial charge < -0.3 is 19.7 Å². The average molecular weight is 419 g/mol. The van der Waals surface area contributed by atoms with E-state index in [9.17, 15) is 15.0 Å². The minimum absolute atomic E-state index is 0.0582. The first-order chi connectivity index (χ1) is 13.9. The molecular weight excluding hydrogens is 380 g/mol. The zero-order chi connectivity index (χ0) is 22.9. The lowest BCUT2D eigenvalue weighted by atomic mass is 9.80. The van der Waals surface area contributed by atoms with Gasteiger partial charge >= 0.3 is 0 Å². The molecule has 0 bridgehead atoms. The molecule has 0 saturated carbocycles. The summed E-state index contributed by atoms with van der Waals surface area (Å²) in [5.41, 5.74) is 3.05. The quantitative estimate of drug-likeness (QED) is 0.571. The van der Waals surface area contributed by atoms with Gasteiger partial charge in [-0.25, -0.2) is 0 Å². The van der Waals surface area contributed by atoms with Gasteiger partial charge in [0.2, 0.25) is 0 Å². The third-order valence-corrected chi connectivity index (χ3v) is 4.76. The molecule has 0 aromatic heterocycles. The lowest BCUT2D eigenvalue weighted by Crippen LogP contribution is -2.39. The molecule has 2 N–H and O–H groups in total. The molecular formula is C25H38O5. The molecule has 30 heavy (non-hydrogen) atoms. The summed E-state index contributed by atoms with van der Waals surface area (Å²) in [5.74, 6) is 0.0630. The Morgan fingerprint density at radius 1 is 1.30 bits per heavy atom. The molecule has 0 fully saturated rings. The van der Waals surface area contributed by atoms with Crippen LogP contribution < -0.4 is 0 Å². The van der Waals surface area contributed by atoms with E-state index in [-0.39, 0.29) is 24.4 Å². The Morgan fingerprint density at radius 3 is 2.50 bits per heavy atom. The average Bonchev–Trinajstić information content (AvgIpc) is 2.61. The zero-order valence-electron chi connectivity index (χ0n) is 19.1. The van der Waals surface area contributed by atoms with Crippen molar-refractivity contribution in [2.75, 3.05) is 13.2 Å². The second kappa shape index (κ2) is 12.2. The first kappa shape index (κ1) is 26.2. The lowest BCUT2D eigenvalue weighted by molar-refractivity contribution is -0.153. The van der Waals surface area contributed by atoms with E-state index in [1.807, 2.05) is 26.0 Å². The molecule has 168 valence electrons. The van der Waals surface area contributed by atoms with E-state index in [0.717, 1.165) is 35.1 Å². The molecule has 1 aliphatic heterocycles. The van der Waals surface area contributed by atoms with Crippen LogP contribution in [-0.4, -0.2) is 47.2 Å². The highest BCUT2D eigenvalue weighted by atomic mass is 16.7. The number of carbonyl (C=O) groups excluding carboxylic acids is 1. The van der Waals surface area contributed by atoms with Crippen molar-refractivity contribution in [1.82, 2.24) is 0 Å². The molecule has 2 rings (SSSR count). The first-order valence-electron chi connectivity index (χ1n) is 10.4. The summed E-state index contributed by atoms with van der Waals surface area (Å²) in [4.78, 5) is 11.8. The Bertz CT molecular complexity index is 706. The van der Waals surface area contributed by atoms with Crippen LogP contribution in [0.3, 0.4) is 0 Å². The van der Waals surface area contributed by atoms with Crippen molar-refractivity contribution in [3.63, 3.8) is 0 Å². The molecule has 0 saturated heterocycles. The summed E-state index contributed by atoms with van der Waals surface area (Å²) in [7, 11) is 0. The Hall–Kier alpha value is -1.79. The molecule has 3 unspecified atom stereocenters. The summed E-state index contributed by atoms with van der Waals surface area (Å²) in [5, 5.41) is 18.7. The van der Waals surface area contributed by atoms with E-state index >= 15 is 0 Å². The molecule has 5 heteroatoms. The fourth-order valence-electron chi connectivity index (χ4n) is 3.06. The van der Waals surface area contributed by atoms with E-state index in [0.29, 0.717) is 13.0 Å². The first-order valence-corrected chi connectivity index (χ1v) is 10.4. The van der Waals surface area contributed by atoms with Crippen LogP contribution in [0.25, 0.3) is 0 Å². The van der Waals surface area contributed by atoms with Crippen LogP contribution in [0.2, 0.25) is 0 Å². The largest absolute Gasteiger partial charge is 0.392 e. The van der Waals surface area contributed by atoms with Crippen molar-refractivity contribution < 1.29 is 24.5 Å². The van der Waals surface area contributed by atoms with Gasteiger partial charge in [0, 0.05) is 12.3 Å². The molecule has 0 radical (unpaired) electrons. The summed E-state index contributed by atoms with van der Waals surface area (Å²) in [6, 6.07) is 0. The standard InChI is InChI=1S/C16H22O4.C9H16O/c1-10(2)4-5-19-16-7-12(9-17)13-8-14(18)11(3)6-15(13)20-16;1-8(2)6-5-7-9(3,4)10/h6-7,13,15-17H,1,4-5,8-9H2,2-3H3;5,7,10H,1,6H2,2-4H3/b;7-5+. The third-order valence-electron chi connectivity index (χ3n) is 4.76. The maximum Gasteiger partial charge on any atom is 0.177 e. The Labute approximate surface area is 181 Å². The molecule has 1 aliphatic carbocycles. The number of hydrogen-bond donors (Lipinski definition) is 2. The normalized spacial score (nSPS) is 23.8. The highest BCUT2D eigenvalue weighted by Gasteiger charge is 2.36. The van der Waals surface area contributed by atoms with Crippen molar-refractivity contribution in [1.29, 1.82) is 0 Å². The molecule has 3 atom stereocenters. The van der Waals surface area contributed by atoms with E-state index in [2.05, 4.69) is 13.2 Å². The number of rotatable bonds is 8. The Kier molecular flexibility index (Phi) is 10.6. The second-order valence-electron chi connectivity index (χ2n) is 8.75. The molecule has 2 aliphatic rings. The van der Waals surface area contributed by atoms with Crippen molar-refractivity contribution in [3.05, 3.63) is 59.8 Å². The maximum absolute atomic E-state index is 11.8. The van der Waals surface area contributed by atoms with Crippen molar-refractivity contribution in [3.8, 4) is 0 Å². The van der Waals surface area contributed by atoms with E-state index in [1.165, 1.54) is 0 Å². The summed E-state index contributed by atoms with van der Waals surface area (Å²) < 4.78 is 11.5. The fraction of sp³-hybridized carbons (Fsp3) is 0.560. The van der Waals surface area contributed by atoms with Gasteiger partial charge in [-0.3, -0.25) is 4.79 Å². The van der Waals surface area contributed by atoms with Gasteiger partial charge in [-0.15, -0.1) is 6.58 Å². The number of Topliss-reactive ketones (excluding diaryl/α,β-unsaturated/α-hetero) is 1. The molecule has 0 spiro atoms. The van der Waals surface area contributed by atoms with Gasteiger partial charge in [0.1, 0.15) is 0 Å². The van der Waals surface area contributed by atoms with Crippen molar-refractivity contribution in [2.24, 2.45) is 5.92 Å². The van der Waals surface area contributed by atoms with Gasteiger partial charge in [0.05, 0.1) is 24.9 Å². The number of aliphatic hydroxyl groups is 2. The van der Waals surface area contributed by atoms with Crippen molar-refractivity contribution in [2.45, 2.75) is 71.9 Å². The van der Waals surface area contributed by atoms with Gasteiger partial charge in [0.25, 0.3) is 0 Å². The molecule has 0 aromatic carbocycles. The molecule has 0 amide bonds. The number of ketones is 1. The summed E-state index contributed by atoms with van der Waals surface area (Å²) in [6.07, 6.45) is 8.73. The fourth-order valence-corrected chi connectivity index (χ4v) is 3.06. The Balaban J connectivity index is 0.000000382. The number of hydrogen-bond acceptors (Lipinski definition) is 5. The maximum atomic E-state index is 11.8. The SMILES string of the molecule is C=C(C)C/C=C/C(C)(C)O.C=C(C)CCOC1C=C(CO)C2CC(=O)C(C)=CC2O1. The molecule has 5 nitrogen and oxygen atoms in total. The monoisotopic (exact) mass is 418 g/mol. The number of carbonyl (C=O) groups is 1. The third kappa shape index (κ3) is 9.81. The van der Waals surface area contributed by atoms with Crippen LogP contribution in [-0.2, 0) is 14.3 Å². The molecule has 1 heterocycles. The minimum Gasteiger partial charge on any atom is -0.392 e. The van der Waals surface area contributed by atoms with Gasteiger partial charge in [0.15, 0.2) is 12.1 Å². The van der Waals surface area contributed by atoms with Gasteiger partial charge in [-0.05, 0) is 70.8 Å². The van der Waals surface area contributed by atoms with E-state index < -0.39 is 11.9 Å². The van der Waals surface area contributed by atoms with Crippen LogP contribution in [0.4, 0.5) is 0 Å². The minimum atomic E-state index is -0.685. The van der Waals surface area contributed by atoms with Crippen LogP contribution in [0.5, 0.6) is 0 Å². The Morgan fingerprint density at radius 2 is 1.97 bits per heavy atom. The zero-order valence-corrected chi connectivity index (χ0v) is 19.1. The predicted molar refractivity (Wildman–Crippen MR) is 121 cm³/mol. The topological polar surface area (TPSA) is 76.0 Å². The predicted octanol–water partition coefficient (Wildman–Crippen LogP) is 4.43. The van der Waals surface area contributed by atoms with Crippen LogP contribution >= 0.6 is 0 Å². The van der Waals surface area contributed by atoms with Gasteiger partial charge in [-0.2, -0.15) is 0 Å². The highest BCUT2D eigenvalue weighted by Crippen LogP contribution is 2.34. The van der Waals surface area contributed by atoms with Crippen LogP contribution in [0.15, 0.2) is 59.8 Å². The van der Waals surface area contributed by atoms with Crippen LogP contribution in [0, 0.1) is 5.92 Å². The van der Waals surface area contributed by atoms with Crippen LogP contribution in [0.1, 0.15) is 53.9 Å².